The van der Waals surface area contributed by atoms with E-state index in [1.165, 1.54) is 6.07 Å². The van der Waals surface area contributed by atoms with Crippen LogP contribution in [0.1, 0.15) is 24.5 Å². The number of anilines is 1. The van der Waals surface area contributed by atoms with Crippen LogP contribution >= 0.6 is 23.2 Å². The number of benzene rings is 2. The fourth-order valence-corrected chi connectivity index (χ4v) is 4.49. The summed E-state index contributed by atoms with van der Waals surface area (Å²) >= 11 is 11.9. The van der Waals surface area contributed by atoms with Gasteiger partial charge in [-0.1, -0.05) is 29.3 Å². The summed E-state index contributed by atoms with van der Waals surface area (Å²) in [5, 5.41) is 8.53. The quantitative estimate of drug-likeness (QED) is 0.695. The minimum absolute atomic E-state index is 0.00491. The molecular formula is C16H13Cl2N3O2S. The fraction of sp³-hybridized carbons (Fsp3) is 0.188. The van der Waals surface area contributed by atoms with Crippen LogP contribution in [0.2, 0.25) is 10.0 Å². The second-order valence-corrected chi connectivity index (χ2v) is 8.24. The Labute approximate surface area is 149 Å². The molecule has 0 unspecified atom stereocenters. The van der Waals surface area contributed by atoms with Gasteiger partial charge in [0.25, 0.3) is 10.0 Å². The third kappa shape index (κ3) is 2.75. The number of sulfonamides is 1. The van der Waals surface area contributed by atoms with Crippen molar-refractivity contribution in [2.75, 3.05) is 4.72 Å². The number of aromatic nitrogens is 2. The number of halogens is 2. The van der Waals surface area contributed by atoms with Gasteiger partial charge in [0, 0.05) is 11.3 Å². The first kappa shape index (κ1) is 15.7. The van der Waals surface area contributed by atoms with Crippen molar-refractivity contribution in [3.8, 4) is 0 Å². The summed E-state index contributed by atoms with van der Waals surface area (Å²) in [4.78, 5) is -0.0555. The summed E-state index contributed by atoms with van der Waals surface area (Å²) in [7, 11) is -3.83. The molecule has 3 aromatic rings. The lowest BCUT2D eigenvalue weighted by molar-refractivity contribution is 0.601. The summed E-state index contributed by atoms with van der Waals surface area (Å²) in [6.07, 6.45) is 2.31. The van der Waals surface area contributed by atoms with Gasteiger partial charge in [0.15, 0.2) is 0 Å². The molecule has 1 saturated carbocycles. The topological polar surface area (TPSA) is 74.8 Å². The van der Waals surface area contributed by atoms with Gasteiger partial charge in [-0.2, -0.15) is 5.10 Å². The predicted octanol–water partition coefficient (Wildman–Crippen LogP) is 4.55. The van der Waals surface area contributed by atoms with Crippen molar-refractivity contribution in [2.24, 2.45) is 0 Å². The fourth-order valence-electron chi connectivity index (χ4n) is 2.67. The summed E-state index contributed by atoms with van der Waals surface area (Å²) in [5.74, 6) is 0.520. The summed E-state index contributed by atoms with van der Waals surface area (Å²) in [6, 6.07) is 9.83. The number of nitrogens with zero attached hydrogens (tertiary/aromatic N) is 1. The zero-order valence-corrected chi connectivity index (χ0v) is 14.7. The molecule has 1 aliphatic rings. The highest BCUT2D eigenvalue weighted by molar-refractivity contribution is 7.92. The zero-order chi connectivity index (χ0) is 16.9. The molecule has 0 atom stereocenters. The molecule has 1 aliphatic carbocycles. The molecule has 2 N–H and O–H groups in total. The molecule has 1 fully saturated rings. The van der Waals surface area contributed by atoms with Crippen molar-refractivity contribution in [1.82, 2.24) is 10.2 Å². The lowest BCUT2D eigenvalue weighted by atomic mass is 10.1. The highest BCUT2D eigenvalue weighted by Gasteiger charge is 2.28. The van der Waals surface area contributed by atoms with Crippen molar-refractivity contribution < 1.29 is 8.42 Å². The molecular weight excluding hydrogens is 369 g/mol. The van der Waals surface area contributed by atoms with E-state index >= 15 is 0 Å². The maximum atomic E-state index is 12.6. The maximum absolute atomic E-state index is 12.6. The maximum Gasteiger partial charge on any atom is 0.263 e. The Morgan fingerprint density at radius 1 is 1.17 bits per heavy atom. The highest BCUT2D eigenvalue weighted by atomic mass is 35.5. The van der Waals surface area contributed by atoms with Gasteiger partial charge in [-0.05, 0) is 43.2 Å². The molecule has 0 amide bonds. The van der Waals surface area contributed by atoms with E-state index in [0.717, 1.165) is 29.4 Å². The summed E-state index contributed by atoms with van der Waals surface area (Å²) in [5.41, 5.74) is 2.29. The molecule has 0 spiro atoms. The van der Waals surface area contributed by atoms with E-state index in [1.807, 2.05) is 6.07 Å². The van der Waals surface area contributed by atoms with Gasteiger partial charge in [-0.25, -0.2) is 8.42 Å². The van der Waals surface area contributed by atoms with Gasteiger partial charge < -0.3 is 0 Å². The van der Waals surface area contributed by atoms with E-state index in [4.69, 9.17) is 23.2 Å². The van der Waals surface area contributed by atoms with Crippen LogP contribution in [0.5, 0.6) is 0 Å². The van der Waals surface area contributed by atoms with Gasteiger partial charge in [0.05, 0.1) is 26.9 Å². The van der Waals surface area contributed by atoms with Crippen molar-refractivity contribution in [3.05, 3.63) is 52.1 Å². The monoisotopic (exact) mass is 381 g/mol. The minimum Gasteiger partial charge on any atom is -0.280 e. The number of aromatic amines is 1. The molecule has 1 heterocycles. The van der Waals surface area contributed by atoms with E-state index in [9.17, 15) is 8.42 Å². The lowest BCUT2D eigenvalue weighted by Crippen LogP contribution is -2.13. The van der Waals surface area contributed by atoms with Gasteiger partial charge in [-0.3, -0.25) is 9.82 Å². The third-order valence-electron chi connectivity index (χ3n) is 4.01. The molecule has 24 heavy (non-hydrogen) atoms. The Morgan fingerprint density at radius 3 is 2.71 bits per heavy atom. The van der Waals surface area contributed by atoms with Crippen molar-refractivity contribution in [1.29, 1.82) is 0 Å². The van der Waals surface area contributed by atoms with E-state index in [0.29, 0.717) is 11.6 Å². The molecule has 4 rings (SSSR count). The Balaban J connectivity index is 1.69. The second-order valence-electron chi connectivity index (χ2n) is 5.80. The van der Waals surface area contributed by atoms with Crippen LogP contribution in [-0.2, 0) is 10.0 Å². The third-order valence-corrected chi connectivity index (χ3v) is 6.37. The molecule has 8 heteroatoms. The normalized spacial score (nSPS) is 14.9. The van der Waals surface area contributed by atoms with Gasteiger partial charge in [0.1, 0.15) is 4.90 Å². The molecule has 2 aromatic carbocycles. The first-order valence-corrected chi connectivity index (χ1v) is 9.64. The molecule has 5 nitrogen and oxygen atoms in total. The van der Waals surface area contributed by atoms with Gasteiger partial charge >= 0.3 is 0 Å². The van der Waals surface area contributed by atoms with Crippen LogP contribution in [0.25, 0.3) is 10.9 Å². The number of rotatable bonds is 4. The number of nitrogens with one attached hydrogen (secondary N) is 2. The number of hydrogen-bond donors (Lipinski definition) is 2. The molecule has 1 aromatic heterocycles. The van der Waals surface area contributed by atoms with Crippen LogP contribution in [0.4, 0.5) is 5.69 Å². The second kappa shape index (κ2) is 5.65. The Hall–Kier alpha value is -1.76. The van der Waals surface area contributed by atoms with E-state index < -0.39 is 10.0 Å². The highest BCUT2D eigenvalue weighted by Crippen LogP contribution is 2.42. The Bertz CT molecular complexity index is 1040. The van der Waals surface area contributed by atoms with Crippen molar-refractivity contribution >= 4 is 49.8 Å². The average molecular weight is 382 g/mol. The molecule has 0 radical (unpaired) electrons. The van der Waals surface area contributed by atoms with Crippen LogP contribution in [0.3, 0.4) is 0 Å². The average Bonchev–Trinajstić information content (AvgIpc) is 3.29. The summed E-state index contributed by atoms with van der Waals surface area (Å²) in [6.45, 7) is 0. The van der Waals surface area contributed by atoms with Crippen LogP contribution < -0.4 is 4.72 Å². The summed E-state index contributed by atoms with van der Waals surface area (Å²) < 4.78 is 27.6. The standard InChI is InChI=1S/C16H13Cl2N3O2S/c17-12-2-1-3-14(15(12)18)24(22,23)21-10-6-7-11-13(8-10)19-20-16(11)9-4-5-9/h1-3,6-9,21H,4-5H2,(H,19,20). The van der Waals surface area contributed by atoms with Gasteiger partial charge in [0.2, 0.25) is 0 Å². The van der Waals surface area contributed by atoms with Crippen LogP contribution in [0.15, 0.2) is 41.3 Å². The van der Waals surface area contributed by atoms with Crippen molar-refractivity contribution in [3.63, 3.8) is 0 Å². The molecule has 0 bridgehead atoms. The van der Waals surface area contributed by atoms with E-state index in [-0.39, 0.29) is 14.9 Å². The van der Waals surface area contributed by atoms with Crippen molar-refractivity contribution in [2.45, 2.75) is 23.7 Å². The molecule has 0 saturated heterocycles. The Morgan fingerprint density at radius 2 is 1.96 bits per heavy atom. The number of H-pyrrole nitrogens is 1. The molecule has 0 aliphatic heterocycles. The zero-order valence-electron chi connectivity index (χ0n) is 12.4. The Kier molecular flexibility index (Phi) is 3.71. The van der Waals surface area contributed by atoms with Crippen LogP contribution in [0, 0.1) is 0 Å². The van der Waals surface area contributed by atoms with E-state index in [1.54, 1.807) is 24.3 Å². The number of fused-ring (bicyclic) bond motifs is 1. The lowest BCUT2D eigenvalue weighted by Gasteiger charge is -2.10. The first-order valence-electron chi connectivity index (χ1n) is 7.40. The molecule has 124 valence electrons. The van der Waals surface area contributed by atoms with Gasteiger partial charge in [-0.15, -0.1) is 0 Å². The largest absolute Gasteiger partial charge is 0.280 e. The SMILES string of the molecule is O=S(=O)(Nc1ccc2c(C3CC3)n[nH]c2c1)c1cccc(Cl)c1Cl. The number of hydrogen-bond acceptors (Lipinski definition) is 3. The van der Waals surface area contributed by atoms with E-state index in [2.05, 4.69) is 14.9 Å². The first-order chi connectivity index (χ1) is 11.5. The smallest absolute Gasteiger partial charge is 0.263 e. The minimum atomic E-state index is -3.83. The predicted molar refractivity (Wildman–Crippen MR) is 95.3 cm³/mol. The van der Waals surface area contributed by atoms with Crippen LogP contribution in [-0.4, -0.2) is 18.6 Å².